The molecule has 0 saturated carbocycles. The molecular formula is C5H7F3OS. The van der Waals surface area contributed by atoms with E-state index in [0.717, 1.165) is 0 Å². The number of carbonyl (C=O) groups is 1. The molecule has 0 fully saturated rings. The van der Waals surface area contributed by atoms with Gasteiger partial charge in [-0.15, -0.1) is 0 Å². The molecule has 0 unspecified atom stereocenters. The fourth-order valence-corrected chi connectivity index (χ4v) is 0.793. The van der Waals surface area contributed by atoms with E-state index in [1.165, 1.54) is 0 Å². The van der Waals surface area contributed by atoms with Crippen LogP contribution in [0.4, 0.5) is 13.2 Å². The summed E-state index contributed by atoms with van der Waals surface area (Å²) in [7, 11) is 0. The van der Waals surface area contributed by atoms with Gasteiger partial charge in [0.25, 0.3) is 0 Å². The van der Waals surface area contributed by atoms with Crippen molar-refractivity contribution in [2.45, 2.75) is 18.9 Å². The van der Waals surface area contributed by atoms with Gasteiger partial charge < -0.3 is 0 Å². The number of thioether (sulfide) groups is 1. The van der Waals surface area contributed by atoms with Gasteiger partial charge in [0.15, 0.2) is 0 Å². The second kappa shape index (κ2) is 3.85. The molecule has 0 aromatic rings. The summed E-state index contributed by atoms with van der Waals surface area (Å²) in [5, 5.41) is 0. The lowest BCUT2D eigenvalue weighted by molar-refractivity contribution is -0.116. The second-order valence-electron chi connectivity index (χ2n) is 1.63. The number of alkyl halides is 3. The summed E-state index contributed by atoms with van der Waals surface area (Å²) < 4.78 is 34.1. The standard InChI is InChI=1S/C5H7F3OS/c1-2-4(9)3-10-5(6,7)8/h2-3H2,1H3. The van der Waals surface area contributed by atoms with Gasteiger partial charge in [0.05, 0.1) is 5.75 Å². The summed E-state index contributed by atoms with van der Waals surface area (Å²) in [6, 6.07) is 0. The molecule has 0 N–H and O–H groups in total. The molecule has 0 radical (unpaired) electrons. The first-order valence-corrected chi connectivity index (χ1v) is 3.66. The summed E-state index contributed by atoms with van der Waals surface area (Å²) in [6.45, 7) is 1.54. The number of rotatable bonds is 3. The molecule has 0 spiro atoms. The Hall–Kier alpha value is -0.190. The molecule has 0 aromatic heterocycles. The SMILES string of the molecule is CCC(=O)CSC(F)(F)F. The molecule has 0 rings (SSSR count). The van der Waals surface area contributed by atoms with Crippen LogP contribution in [0.2, 0.25) is 0 Å². The largest absolute Gasteiger partial charge is 0.442 e. The summed E-state index contributed by atoms with van der Waals surface area (Å²) in [5.41, 5.74) is -4.27. The average Bonchev–Trinajstić information content (AvgIpc) is 1.81. The maximum Gasteiger partial charge on any atom is 0.442 e. The Morgan fingerprint density at radius 2 is 2.00 bits per heavy atom. The lowest BCUT2D eigenvalue weighted by atomic mass is 10.4. The first kappa shape index (κ1) is 9.81. The number of hydrogen-bond donors (Lipinski definition) is 0. The van der Waals surface area contributed by atoms with Gasteiger partial charge in [-0.1, -0.05) is 6.92 Å². The Morgan fingerprint density at radius 1 is 1.50 bits per heavy atom. The number of ketones is 1. The zero-order valence-electron chi connectivity index (χ0n) is 5.36. The Bertz CT molecular complexity index is 121. The molecule has 0 heterocycles. The minimum absolute atomic E-state index is 0.170. The van der Waals surface area contributed by atoms with E-state index in [-0.39, 0.29) is 24.0 Å². The number of carbonyl (C=O) groups excluding carboxylic acids is 1. The van der Waals surface area contributed by atoms with E-state index in [9.17, 15) is 18.0 Å². The van der Waals surface area contributed by atoms with Crippen LogP contribution in [0.3, 0.4) is 0 Å². The van der Waals surface area contributed by atoms with Gasteiger partial charge in [0.1, 0.15) is 5.78 Å². The van der Waals surface area contributed by atoms with Crippen LogP contribution in [0.15, 0.2) is 0 Å². The lowest BCUT2D eigenvalue weighted by Crippen LogP contribution is -2.07. The van der Waals surface area contributed by atoms with Crippen LogP contribution in [0.5, 0.6) is 0 Å². The second-order valence-corrected chi connectivity index (χ2v) is 2.67. The zero-order chi connectivity index (χ0) is 8.20. The summed E-state index contributed by atoms with van der Waals surface area (Å²) in [4.78, 5) is 10.3. The minimum Gasteiger partial charge on any atom is -0.299 e. The van der Waals surface area contributed by atoms with Crippen molar-refractivity contribution in [1.29, 1.82) is 0 Å². The summed E-state index contributed by atoms with van der Waals surface area (Å²) in [6.07, 6.45) is 0.170. The number of hydrogen-bond acceptors (Lipinski definition) is 2. The van der Waals surface area contributed by atoms with E-state index in [0.29, 0.717) is 0 Å². The molecule has 0 saturated heterocycles. The molecule has 0 atom stereocenters. The van der Waals surface area contributed by atoms with Gasteiger partial charge in [-0.05, 0) is 11.8 Å². The molecule has 0 aliphatic carbocycles. The Morgan fingerprint density at radius 3 is 2.30 bits per heavy atom. The molecular weight excluding hydrogens is 165 g/mol. The van der Waals surface area contributed by atoms with E-state index in [1.807, 2.05) is 0 Å². The van der Waals surface area contributed by atoms with Gasteiger partial charge in [-0.2, -0.15) is 13.2 Å². The molecule has 0 amide bonds. The predicted molar refractivity (Wildman–Crippen MR) is 33.8 cm³/mol. The smallest absolute Gasteiger partial charge is 0.299 e. The van der Waals surface area contributed by atoms with Crippen molar-refractivity contribution in [2.24, 2.45) is 0 Å². The third-order valence-corrected chi connectivity index (χ3v) is 1.58. The molecule has 0 aliphatic heterocycles. The first-order chi connectivity index (χ1) is 4.45. The van der Waals surface area contributed by atoms with Gasteiger partial charge >= 0.3 is 5.51 Å². The number of halogens is 3. The van der Waals surface area contributed by atoms with Gasteiger partial charge in [0, 0.05) is 6.42 Å². The monoisotopic (exact) mass is 172 g/mol. The zero-order valence-corrected chi connectivity index (χ0v) is 6.18. The van der Waals surface area contributed by atoms with Crippen LogP contribution in [-0.2, 0) is 4.79 Å². The molecule has 10 heavy (non-hydrogen) atoms. The molecule has 0 bridgehead atoms. The molecule has 0 aliphatic rings. The van der Waals surface area contributed by atoms with E-state index >= 15 is 0 Å². The van der Waals surface area contributed by atoms with E-state index in [1.54, 1.807) is 6.92 Å². The van der Waals surface area contributed by atoms with Crippen molar-refractivity contribution in [2.75, 3.05) is 5.75 Å². The van der Waals surface area contributed by atoms with E-state index in [4.69, 9.17) is 0 Å². The van der Waals surface area contributed by atoms with Crippen molar-refractivity contribution >= 4 is 17.5 Å². The van der Waals surface area contributed by atoms with Gasteiger partial charge in [-0.3, -0.25) is 4.79 Å². The summed E-state index contributed by atoms with van der Waals surface area (Å²) >= 11 is -0.283. The van der Waals surface area contributed by atoms with E-state index < -0.39 is 11.3 Å². The highest BCUT2D eigenvalue weighted by molar-refractivity contribution is 8.00. The highest BCUT2D eigenvalue weighted by Gasteiger charge is 2.28. The highest BCUT2D eigenvalue weighted by Crippen LogP contribution is 2.29. The highest BCUT2D eigenvalue weighted by atomic mass is 32.2. The van der Waals surface area contributed by atoms with Crippen LogP contribution in [0, 0.1) is 0 Å². The fraction of sp³-hybridized carbons (Fsp3) is 0.800. The molecule has 5 heteroatoms. The maximum absolute atomic E-state index is 11.4. The minimum atomic E-state index is -4.27. The van der Waals surface area contributed by atoms with Crippen molar-refractivity contribution < 1.29 is 18.0 Å². The van der Waals surface area contributed by atoms with Crippen LogP contribution in [-0.4, -0.2) is 17.0 Å². The average molecular weight is 172 g/mol. The maximum atomic E-state index is 11.4. The third-order valence-electron chi connectivity index (χ3n) is 0.791. The van der Waals surface area contributed by atoms with Crippen LogP contribution in [0.1, 0.15) is 13.3 Å². The topological polar surface area (TPSA) is 17.1 Å². The van der Waals surface area contributed by atoms with Crippen LogP contribution in [0.25, 0.3) is 0 Å². The number of Topliss-reactive ketones (excluding diaryl/α,β-unsaturated/α-hetero) is 1. The van der Waals surface area contributed by atoms with Gasteiger partial charge in [0.2, 0.25) is 0 Å². The summed E-state index contributed by atoms with van der Waals surface area (Å²) in [5.74, 6) is -0.831. The van der Waals surface area contributed by atoms with Crippen molar-refractivity contribution in [3.05, 3.63) is 0 Å². The van der Waals surface area contributed by atoms with Crippen molar-refractivity contribution in [1.82, 2.24) is 0 Å². The fourth-order valence-electron chi connectivity index (χ4n) is 0.264. The van der Waals surface area contributed by atoms with Crippen LogP contribution < -0.4 is 0 Å². The molecule has 1 nitrogen and oxygen atoms in total. The van der Waals surface area contributed by atoms with Crippen molar-refractivity contribution in [3.63, 3.8) is 0 Å². The van der Waals surface area contributed by atoms with Crippen molar-refractivity contribution in [3.8, 4) is 0 Å². The Kier molecular flexibility index (Phi) is 3.78. The quantitative estimate of drug-likeness (QED) is 0.649. The molecule has 60 valence electrons. The third kappa shape index (κ3) is 5.94. The molecule has 0 aromatic carbocycles. The van der Waals surface area contributed by atoms with Crippen LogP contribution >= 0.6 is 11.8 Å². The first-order valence-electron chi connectivity index (χ1n) is 2.68. The van der Waals surface area contributed by atoms with Gasteiger partial charge in [-0.25, -0.2) is 0 Å². The Balaban J connectivity index is 3.46. The van der Waals surface area contributed by atoms with E-state index in [2.05, 4.69) is 0 Å². The lowest BCUT2D eigenvalue weighted by Gasteiger charge is -2.02. The Labute approximate surface area is 61.0 Å². The predicted octanol–water partition coefficient (Wildman–Crippen LogP) is 2.22. The normalized spacial score (nSPS) is 11.6.